The summed E-state index contributed by atoms with van der Waals surface area (Å²) < 4.78 is 0. The molecule has 0 radical (unpaired) electrons. The highest BCUT2D eigenvalue weighted by Gasteiger charge is 2.15. The van der Waals surface area contributed by atoms with Crippen LogP contribution >= 0.6 is 11.8 Å². The summed E-state index contributed by atoms with van der Waals surface area (Å²) in [5.41, 5.74) is 0. The van der Waals surface area contributed by atoms with Crippen LogP contribution in [0.5, 0.6) is 0 Å². The Morgan fingerprint density at radius 3 is 2.29 bits per heavy atom. The molecule has 1 aliphatic rings. The highest BCUT2D eigenvalue weighted by Crippen LogP contribution is 2.06. The molecule has 1 rings (SSSR count). The number of nitrogens with one attached hydrogen (secondary N) is 1. The van der Waals surface area contributed by atoms with Crippen LogP contribution in [0, 0.1) is 0 Å². The summed E-state index contributed by atoms with van der Waals surface area (Å²) in [4.78, 5) is 13.0. The lowest BCUT2D eigenvalue weighted by atomic mass is 10.4. The Bertz CT molecular complexity index is 145. The summed E-state index contributed by atoms with van der Waals surface area (Å²) >= 11 is 1.86. The molecule has 14 heavy (non-hydrogen) atoms. The van der Waals surface area contributed by atoms with Gasteiger partial charge in [0.2, 0.25) is 5.91 Å². The van der Waals surface area contributed by atoms with Gasteiger partial charge < -0.3 is 10.2 Å². The molecule has 0 aromatic carbocycles. The van der Waals surface area contributed by atoms with E-state index < -0.39 is 0 Å². The summed E-state index contributed by atoms with van der Waals surface area (Å²) in [6, 6.07) is 0. The molecule has 3 nitrogen and oxygen atoms in total. The Labute approximate surface area is 91.6 Å². The van der Waals surface area contributed by atoms with Crippen LogP contribution in [-0.2, 0) is 4.79 Å². The number of likely N-dealkylation sites (N-methyl/N-ethyl adjacent to an activating group) is 1. The Balaban J connectivity index is 0.000000364. The van der Waals surface area contributed by atoms with E-state index in [-0.39, 0.29) is 5.91 Å². The third-order valence-electron chi connectivity index (χ3n) is 2.08. The van der Waals surface area contributed by atoms with Crippen LogP contribution < -0.4 is 5.32 Å². The minimum atomic E-state index is 0.236. The topological polar surface area (TPSA) is 32.3 Å². The third-order valence-corrected chi connectivity index (χ3v) is 2.65. The van der Waals surface area contributed by atoms with Crippen LogP contribution in [0.3, 0.4) is 0 Å². The first kappa shape index (κ1) is 13.8. The molecule has 1 aliphatic heterocycles. The van der Waals surface area contributed by atoms with Crippen molar-refractivity contribution in [3.8, 4) is 0 Å². The number of amides is 1. The summed E-state index contributed by atoms with van der Waals surface area (Å²) in [6.45, 7) is 4.55. The molecule has 0 spiro atoms. The highest BCUT2D eigenvalue weighted by molar-refractivity contribution is 7.98. The maximum Gasteiger partial charge on any atom is 0.236 e. The van der Waals surface area contributed by atoms with Gasteiger partial charge in [-0.3, -0.25) is 4.79 Å². The lowest BCUT2D eigenvalue weighted by Gasteiger charge is -2.13. The number of hydrogen-bond acceptors (Lipinski definition) is 3. The molecule has 1 saturated heterocycles. The summed E-state index contributed by atoms with van der Waals surface area (Å²) in [6.07, 6.45) is 4.45. The van der Waals surface area contributed by atoms with Crippen LogP contribution in [-0.4, -0.2) is 49.5 Å². The fraction of sp³-hybridized carbons (Fsp3) is 0.900. The minimum absolute atomic E-state index is 0.236. The molecule has 1 amide bonds. The number of rotatable bonds is 3. The molecular weight excluding hydrogens is 196 g/mol. The number of likely N-dealkylation sites (tertiary alicyclic amines) is 1. The van der Waals surface area contributed by atoms with Gasteiger partial charge in [-0.2, -0.15) is 11.8 Å². The standard InChI is InChI=1S/C7H14N2O.C3H8S/c1-8-6-7(10)9-4-2-3-5-9;1-3-4-2/h8H,2-6H2,1H3;3H2,1-2H3. The van der Waals surface area contributed by atoms with Crippen LogP contribution in [0.2, 0.25) is 0 Å². The Morgan fingerprint density at radius 2 is 1.93 bits per heavy atom. The van der Waals surface area contributed by atoms with Crippen molar-refractivity contribution in [2.24, 2.45) is 0 Å². The fourth-order valence-electron chi connectivity index (χ4n) is 1.23. The van der Waals surface area contributed by atoms with E-state index in [1.54, 1.807) is 7.05 Å². The predicted molar refractivity (Wildman–Crippen MR) is 63.8 cm³/mol. The van der Waals surface area contributed by atoms with E-state index in [1.807, 2.05) is 16.7 Å². The molecule has 0 aromatic heterocycles. The Kier molecular flexibility index (Phi) is 9.19. The van der Waals surface area contributed by atoms with Gasteiger partial charge in [-0.1, -0.05) is 6.92 Å². The summed E-state index contributed by atoms with van der Waals surface area (Å²) in [5.74, 6) is 1.47. The molecule has 0 unspecified atom stereocenters. The zero-order valence-electron chi connectivity index (χ0n) is 9.51. The molecule has 1 N–H and O–H groups in total. The summed E-state index contributed by atoms with van der Waals surface area (Å²) in [7, 11) is 1.80. The zero-order valence-corrected chi connectivity index (χ0v) is 10.3. The quantitative estimate of drug-likeness (QED) is 0.772. The second kappa shape index (κ2) is 9.34. The average molecular weight is 218 g/mol. The SMILES string of the molecule is CCSC.CNCC(=O)N1CCCC1. The van der Waals surface area contributed by atoms with Crippen molar-refractivity contribution in [3.05, 3.63) is 0 Å². The van der Waals surface area contributed by atoms with E-state index in [1.165, 1.54) is 18.6 Å². The van der Waals surface area contributed by atoms with Crippen molar-refractivity contribution >= 4 is 17.7 Å². The second-order valence-electron chi connectivity index (χ2n) is 3.20. The van der Waals surface area contributed by atoms with Crippen LogP contribution in [0.25, 0.3) is 0 Å². The minimum Gasteiger partial charge on any atom is -0.342 e. The van der Waals surface area contributed by atoms with Crippen molar-refractivity contribution in [3.63, 3.8) is 0 Å². The fourth-order valence-corrected chi connectivity index (χ4v) is 1.23. The highest BCUT2D eigenvalue weighted by atomic mass is 32.2. The number of hydrogen-bond donors (Lipinski definition) is 1. The molecule has 0 aliphatic carbocycles. The smallest absolute Gasteiger partial charge is 0.236 e. The molecule has 0 aromatic rings. The lowest BCUT2D eigenvalue weighted by molar-refractivity contribution is -0.129. The monoisotopic (exact) mass is 218 g/mol. The first-order valence-electron chi connectivity index (χ1n) is 5.17. The Hall–Kier alpha value is -0.220. The molecule has 0 bridgehead atoms. The first-order chi connectivity index (χ1) is 6.76. The molecule has 84 valence electrons. The molecule has 0 atom stereocenters. The maximum absolute atomic E-state index is 11.1. The molecular formula is C10H22N2OS. The van der Waals surface area contributed by atoms with Crippen molar-refractivity contribution in [1.82, 2.24) is 10.2 Å². The van der Waals surface area contributed by atoms with Crippen LogP contribution in [0.1, 0.15) is 19.8 Å². The Morgan fingerprint density at radius 1 is 1.43 bits per heavy atom. The van der Waals surface area contributed by atoms with E-state index in [0.717, 1.165) is 13.1 Å². The van der Waals surface area contributed by atoms with Gasteiger partial charge in [0.1, 0.15) is 0 Å². The number of nitrogens with zero attached hydrogens (tertiary/aromatic N) is 1. The summed E-state index contributed by atoms with van der Waals surface area (Å²) in [5, 5.41) is 2.85. The van der Waals surface area contributed by atoms with Gasteiger partial charge in [-0.05, 0) is 31.9 Å². The van der Waals surface area contributed by atoms with Crippen LogP contribution in [0.4, 0.5) is 0 Å². The van der Waals surface area contributed by atoms with Gasteiger partial charge in [-0.15, -0.1) is 0 Å². The zero-order chi connectivity index (χ0) is 10.8. The average Bonchev–Trinajstić information content (AvgIpc) is 2.71. The molecule has 1 heterocycles. The molecule has 1 fully saturated rings. The van der Waals surface area contributed by atoms with Gasteiger partial charge in [-0.25, -0.2) is 0 Å². The van der Waals surface area contributed by atoms with Gasteiger partial charge in [0.15, 0.2) is 0 Å². The van der Waals surface area contributed by atoms with E-state index in [4.69, 9.17) is 0 Å². The van der Waals surface area contributed by atoms with Gasteiger partial charge >= 0.3 is 0 Å². The predicted octanol–water partition coefficient (Wildman–Crippen LogP) is 1.20. The van der Waals surface area contributed by atoms with Crippen molar-refractivity contribution in [1.29, 1.82) is 0 Å². The van der Waals surface area contributed by atoms with Crippen molar-refractivity contribution in [2.75, 3.05) is 38.7 Å². The van der Waals surface area contributed by atoms with E-state index >= 15 is 0 Å². The van der Waals surface area contributed by atoms with Crippen molar-refractivity contribution < 1.29 is 4.79 Å². The van der Waals surface area contributed by atoms with Gasteiger partial charge in [0.25, 0.3) is 0 Å². The van der Waals surface area contributed by atoms with Gasteiger partial charge in [0, 0.05) is 13.1 Å². The first-order valence-corrected chi connectivity index (χ1v) is 6.57. The van der Waals surface area contributed by atoms with E-state index in [9.17, 15) is 4.79 Å². The maximum atomic E-state index is 11.1. The largest absolute Gasteiger partial charge is 0.342 e. The molecule has 4 heteroatoms. The van der Waals surface area contributed by atoms with E-state index in [0.29, 0.717) is 6.54 Å². The number of thioether (sulfide) groups is 1. The third kappa shape index (κ3) is 6.27. The normalized spacial score (nSPS) is 14.9. The van der Waals surface area contributed by atoms with Crippen LogP contribution in [0.15, 0.2) is 0 Å². The van der Waals surface area contributed by atoms with Crippen molar-refractivity contribution in [2.45, 2.75) is 19.8 Å². The number of carbonyl (C=O) groups excluding carboxylic acids is 1. The molecule has 0 saturated carbocycles. The second-order valence-corrected chi connectivity index (χ2v) is 4.35. The number of carbonyl (C=O) groups is 1. The van der Waals surface area contributed by atoms with Gasteiger partial charge in [0.05, 0.1) is 6.54 Å². The van der Waals surface area contributed by atoms with E-state index in [2.05, 4.69) is 18.5 Å². The lowest BCUT2D eigenvalue weighted by Crippen LogP contribution is -2.34.